The second-order valence-corrected chi connectivity index (χ2v) is 6.58. The van der Waals surface area contributed by atoms with Crippen LogP contribution in [0.5, 0.6) is 17.2 Å². The Morgan fingerprint density at radius 3 is 1.32 bits per heavy atom. The quantitative estimate of drug-likeness (QED) is 0.611. The molecule has 0 spiro atoms. The van der Waals surface area contributed by atoms with Gasteiger partial charge in [0.25, 0.3) is 0 Å². The fourth-order valence-electron chi connectivity index (χ4n) is 2.48. The Hall–Kier alpha value is -2.05. The summed E-state index contributed by atoms with van der Waals surface area (Å²) in [5.41, 5.74) is -1.00. The molecule has 0 radical (unpaired) electrons. The van der Waals surface area contributed by atoms with Gasteiger partial charge in [-0.25, -0.2) is 0 Å². The maximum absolute atomic E-state index is 12.6. The third-order valence-electron chi connectivity index (χ3n) is 3.20. The molecule has 1 rings (SSSR count). The van der Waals surface area contributed by atoms with E-state index in [0.29, 0.717) is 12.1 Å². The third-order valence-corrected chi connectivity index (χ3v) is 3.20. The number of ether oxygens (including phenoxy) is 3. The largest absolute Gasteiger partial charge is 0.573 e. The van der Waals surface area contributed by atoms with Crippen LogP contribution in [-0.2, 0) is 0 Å². The van der Waals surface area contributed by atoms with E-state index in [1.165, 1.54) is 7.05 Å². The molecule has 0 fully saturated rings. The van der Waals surface area contributed by atoms with E-state index in [-0.39, 0.29) is 5.56 Å². The zero-order valence-electron chi connectivity index (χ0n) is 14.9. The molecule has 1 unspecified atom stereocenters. The average molecular weight is 429 g/mol. The van der Waals surface area contributed by atoms with Crippen molar-refractivity contribution in [3.63, 3.8) is 0 Å². The van der Waals surface area contributed by atoms with Crippen molar-refractivity contribution >= 4 is 0 Å². The standard InChI is InChI=1S/C15H16F9NO3/c1-12(2,3)11(25-4)7-5-8(26-13(16,17)18)10(28-15(22,23)24)9(6-7)27-14(19,20)21/h5-6,11,25H,1-4H3. The molecule has 162 valence electrons. The lowest BCUT2D eigenvalue weighted by atomic mass is 9.82. The minimum absolute atomic E-state index is 0.247. The van der Waals surface area contributed by atoms with Crippen molar-refractivity contribution in [3.8, 4) is 17.2 Å². The monoisotopic (exact) mass is 429 g/mol. The molecule has 0 bridgehead atoms. The maximum Gasteiger partial charge on any atom is 0.573 e. The van der Waals surface area contributed by atoms with Gasteiger partial charge in [0.1, 0.15) is 0 Å². The zero-order valence-corrected chi connectivity index (χ0v) is 14.9. The second-order valence-electron chi connectivity index (χ2n) is 6.58. The molecule has 0 saturated heterocycles. The smallest absolute Gasteiger partial charge is 0.402 e. The summed E-state index contributed by atoms with van der Waals surface area (Å²) in [5.74, 6) is -5.17. The highest BCUT2D eigenvalue weighted by Crippen LogP contribution is 2.47. The highest BCUT2D eigenvalue weighted by molar-refractivity contribution is 5.55. The van der Waals surface area contributed by atoms with Gasteiger partial charge in [0, 0.05) is 6.04 Å². The molecule has 0 saturated carbocycles. The van der Waals surface area contributed by atoms with E-state index >= 15 is 0 Å². The molecule has 0 heterocycles. The number of alkyl halides is 9. The van der Waals surface area contributed by atoms with Gasteiger partial charge in [-0.05, 0) is 30.2 Å². The Kier molecular flexibility index (Phi) is 6.65. The first kappa shape index (κ1) is 24.0. The molecule has 0 aliphatic rings. The summed E-state index contributed by atoms with van der Waals surface area (Å²) in [5, 5.41) is 2.67. The minimum Gasteiger partial charge on any atom is -0.402 e. The van der Waals surface area contributed by atoms with E-state index < -0.39 is 47.8 Å². The Morgan fingerprint density at radius 2 is 1.07 bits per heavy atom. The van der Waals surface area contributed by atoms with Crippen LogP contribution in [0.4, 0.5) is 39.5 Å². The minimum atomic E-state index is -5.61. The van der Waals surface area contributed by atoms with Crippen LogP contribution in [-0.4, -0.2) is 26.1 Å². The van der Waals surface area contributed by atoms with Gasteiger partial charge in [-0.2, -0.15) is 0 Å². The molecule has 4 nitrogen and oxygen atoms in total. The van der Waals surface area contributed by atoms with Gasteiger partial charge in [-0.3, -0.25) is 0 Å². The van der Waals surface area contributed by atoms with Crippen LogP contribution < -0.4 is 19.5 Å². The molecule has 1 atom stereocenters. The second kappa shape index (κ2) is 7.76. The van der Waals surface area contributed by atoms with Crippen molar-refractivity contribution in [2.24, 2.45) is 5.41 Å². The maximum atomic E-state index is 12.6. The molecular formula is C15H16F9NO3. The van der Waals surface area contributed by atoms with E-state index in [4.69, 9.17) is 0 Å². The van der Waals surface area contributed by atoms with E-state index in [9.17, 15) is 39.5 Å². The van der Waals surface area contributed by atoms with Crippen LogP contribution >= 0.6 is 0 Å². The summed E-state index contributed by atoms with van der Waals surface area (Å²) in [6, 6.07) is 0.132. The summed E-state index contributed by atoms with van der Waals surface area (Å²) in [7, 11) is 1.37. The number of rotatable bonds is 5. The van der Waals surface area contributed by atoms with Gasteiger partial charge >= 0.3 is 19.1 Å². The van der Waals surface area contributed by atoms with Gasteiger partial charge < -0.3 is 19.5 Å². The molecule has 1 N–H and O–H groups in total. The summed E-state index contributed by atoms with van der Waals surface area (Å²) in [6.07, 6.45) is -16.6. The molecule has 1 aromatic carbocycles. The highest BCUT2D eigenvalue weighted by atomic mass is 19.4. The molecule has 0 amide bonds. The summed E-state index contributed by atoms with van der Waals surface area (Å²) in [4.78, 5) is 0. The zero-order chi connectivity index (χ0) is 22.1. The fourth-order valence-corrected chi connectivity index (χ4v) is 2.48. The lowest BCUT2D eigenvalue weighted by Gasteiger charge is -2.32. The van der Waals surface area contributed by atoms with Crippen molar-refractivity contribution in [2.75, 3.05) is 7.05 Å². The Bertz CT molecular complexity index is 638. The molecule has 1 aromatic rings. The number of benzene rings is 1. The Balaban J connectivity index is 3.74. The van der Waals surface area contributed by atoms with E-state index in [1.54, 1.807) is 20.8 Å². The predicted molar refractivity (Wildman–Crippen MR) is 77.7 cm³/mol. The van der Waals surface area contributed by atoms with Gasteiger partial charge in [-0.15, -0.1) is 39.5 Å². The molecular weight excluding hydrogens is 413 g/mol. The first-order valence-corrected chi connectivity index (χ1v) is 7.45. The molecule has 0 aliphatic heterocycles. The predicted octanol–water partition coefficient (Wildman–Crippen LogP) is 5.69. The molecule has 0 aromatic heterocycles. The lowest BCUT2D eigenvalue weighted by Crippen LogP contribution is -2.30. The van der Waals surface area contributed by atoms with Crippen molar-refractivity contribution in [1.29, 1.82) is 0 Å². The normalized spacial score (nSPS) is 14.6. The van der Waals surface area contributed by atoms with Crippen LogP contribution in [0, 0.1) is 5.41 Å². The SMILES string of the molecule is CNC(c1cc(OC(F)(F)F)c(OC(F)(F)F)c(OC(F)(F)F)c1)C(C)(C)C. The molecule has 28 heavy (non-hydrogen) atoms. The molecule has 13 heteroatoms. The van der Waals surface area contributed by atoms with Crippen molar-refractivity contribution < 1.29 is 53.7 Å². The van der Waals surface area contributed by atoms with Crippen molar-refractivity contribution in [1.82, 2.24) is 5.32 Å². The van der Waals surface area contributed by atoms with E-state index in [2.05, 4.69) is 19.5 Å². The van der Waals surface area contributed by atoms with Gasteiger partial charge in [0.05, 0.1) is 0 Å². The summed E-state index contributed by atoms with van der Waals surface area (Å²) >= 11 is 0. The van der Waals surface area contributed by atoms with Crippen LogP contribution in [0.3, 0.4) is 0 Å². The van der Waals surface area contributed by atoms with Crippen LogP contribution in [0.1, 0.15) is 32.4 Å². The summed E-state index contributed by atoms with van der Waals surface area (Å²) in [6.45, 7) is 4.80. The number of halogens is 9. The topological polar surface area (TPSA) is 39.7 Å². The number of nitrogens with one attached hydrogen (secondary N) is 1. The van der Waals surface area contributed by atoms with Crippen LogP contribution in [0.2, 0.25) is 0 Å². The van der Waals surface area contributed by atoms with Crippen molar-refractivity contribution in [3.05, 3.63) is 17.7 Å². The Labute approximate surface area is 153 Å². The highest BCUT2D eigenvalue weighted by Gasteiger charge is 2.42. The number of hydrogen-bond acceptors (Lipinski definition) is 4. The first-order chi connectivity index (χ1) is 12.3. The fraction of sp³-hybridized carbons (Fsp3) is 0.600. The number of hydrogen-bond donors (Lipinski definition) is 1. The van der Waals surface area contributed by atoms with Gasteiger partial charge in [0.2, 0.25) is 5.75 Å². The Morgan fingerprint density at radius 1 is 0.714 bits per heavy atom. The first-order valence-electron chi connectivity index (χ1n) is 7.45. The van der Waals surface area contributed by atoms with Crippen LogP contribution in [0.15, 0.2) is 12.1 Å². The summed E-state index contributed by atoms with van der Waals surface area (Å²) < 4.78 is 124. The lowest BCUT2D eigenvalue weighted by molar-refractivity contribution is -0.293. The average Bonchev–Trinajstić information content (AvgIpc) is 2.37. The van der Waals surface area contributed by atoms with E-state index in [1.807, 2.05) is 0 Å². The van der Waals surface area contributed by atoms with Crippen molar-refractivity contribution in [2.45, 2.75) is 45.9 Å². The van der Waals surface area contributed by atoms with Gasteiger partial charge in [0.15, 0.2) is 11.5 Å². The van der Waals surface area contributed by atoms with E-state index in [0.717, 1.165) is 0 Å². The van der Waals surface area contributed by atoms with Gasteiger partial charge in [-0.1, -0.05) is 20.8 Å². The molecule has 0 aliphatic carbocycles. The van der Waals surface area contributed by atoms with Crippen LogP contribution in [0.25, 0.3) is 0 Å². The third kappa shape index (κ3) is 7.52.